The Bertz CT molecular complexity index is 594. The molecule has 5 nitrogen and oxygen atoms in total. The lowest BCUT2D eigenvalue weighted by molar-refractivity contribution is -0.132. The van der Waals surface area contributed by atoms with Gasteiger partial charge in [-0.2, -0.15) is 0 Å². The summed E-state index contributed by atoms with van der Waals surface area (Å²) in [6.07, 6.45) is 0. The molecular formula is C18H26FN3O2. The van der Waals surface area contributed by atoms with E-state index in [9.17, 15) is 14.0 Å². The summed E-state index contributed by atoms with van der Waals surface area (Å²) < 4.78 is 13.4. The van der Waals surface area contributed by atoms with Gasteiger partial charge in [0.1, 0.15) is 5.82 Å². The first-order valence-electron chi connectivity index (χ1n) is 8.51. The lowest BCUT2D eigenvalue weighted by Crippen LogP contribution is -2.51. The van der Waals surface area contributed by atoms with E-state index in [4.69, 9.17) is 0 Å². The third-order valence-electron chi connectivity index (χ3n) is 4.56. The van der Waals surface area contributed by atoms with Gasteiger partial charge in [0, 0.05) is 44.8 Å². The number of nitrogens with zero attached hydrogens (tertiary/aromatic N) is 3. The molecule has 1 saturated heterocycles. The number of amides is 2. The summed E-state index contributed by atoms with van der Waals surface area (Å²) in [5.41, 5.74) is 1.20. The van der Waals surface area contributed by atoms with Crippen molar-refractivity contribution < 1.29 is 14.0 Å². The maximum atomic E-state index is 13.4. The standard InChI is InChI=1S/C18H26FN3O2/c1-4-21(5-2)17(23)13-20-8-10-22(11-9-20)18(24)16-12-15(19)7-6-14(16)3/h6-7,12H,4-5,8-11,13H2,1-3H3. The van der Waals surface area contributed by atoms with E-state index in [0.717, 1.165) is 5.56 Å². The number of halogens is 1. The van der Waals surface area contributed by atoms with Gasteiger partial charge in [0.05, 0.1) is 6.54 Å². The Hall–Kier alpha value is -1.95. The Balaban J connectivity index is 1.91. The minimum absolute atomic E-state index is 0.126. The van der Waals surface area contributed by atoms with E-state index in [1.165, 1.54) is 12.1 Å². The third kappa shape index (κ3) is 4.32. The molecule has 1 aromatic carbocycles. The number of rotatable bonds is 5. The van der Waals surface area contributed by atoms with E-state index in [2.05, 4.69) is 4.90 Å². The molecule has 2 amide bonds. The number of benzene rings is 1. The molecule has 1 heterocycles. The SMILES string of the molecule is CCN(CC)C(=O)CN1CCN(C(=O)c2cc(F)ccc2C)CC1. The van der Waals surface area contributed by atoms with Crippen molar-refractivity contribution in [2.24, 2.45) is 0 Å². The van der Waals surface area contributed by atoms with Crippen LogP contribution in [0.15, 0.2) is 18.2 Å². The Kier molecular flexibility index (Phi) is 6.31. The molecule has 24 heavy (non-hydrogen) atoms. The second-order valence-electron chi connectivity index (χ2n) is 6.09. The molecule has 0 aliphatic carbocycles. The van der Waals surface area contributed by atoms with Crippen LogP contribution in [0.5, 0.6) is 0 Å². The molecule has 0 bridgehead atoms. The number of carbonyl (C=O) groups is 2. The molecule has 132 valence electrons. The van der Waals surface area contributed by atoms with E-state index in [0.29, 0.717) is 51.4 Å². The zero-order valence-corrected chi connectivity index (χ0v) is 14.7. The van der Waals surface area contributed by atoms with Crippen molar-refractivity contribution in [3.63, 3.8) is 0 Å². The largest absolute Gasteiger partial charge is 0.342 e. The van der Waals surface area contributed by atoms with Gasteiger partial charge < -0.3 is 9.80 Å². The van der Waals surface area contributed by atoms with Crippen molar-refractivity contribution in [3.05, 3.63) is 35.1 Å². The average Bonchev–Trinajstić information content (AvgIpc) is 2.58. The second-order valence-corrected chi connectivity index (χ2v) is 6.09. The van der Waals surface area contributed by atoms with Gasteiger partial charge in [-0.3, -0.25) is 14.5 Å². The summed E-state index contributed by atoms with van der Waals surface area (Å²) in [6.45, 7) is 10.0. The highest BCUT2D eigenvalue weighted by Gasteiger charge is 2.25. The van der Waals surface area contributed by atoms with Gasteiger partial charge in [-0.1, -0.05) is 6.07 Å². The smallest absolute Gasteiger partial charge is 0.254 e. The number of hydrogen-bond acceptors (Lipinski definition) is 3. The van der Waals surface area contributed by atoms with Crippen molar-refractivity contribution in [3.8, 4) is 0 Å². The topological polar surface area (TPSA) is 43.9 Å². The lowest BCUT2D eigenvalue weighted by Gasteiger charge is -2.35. The van der Waals surface area contributed by atoms with Crippen LogP contribution in [0.3, 0.4) is 0 Å². The quantitative estimate of drug-likeness (QED) is 0.824. The van der Waals surface area contributed by atoms with Crippen molar-refractivity contribution in [2.45, 2.75) is 20.8 Å². The maximum absolute atomic E-state index is 13.4. The van der Waals surface area contributed by atoms with Gasteiger partial charge in [-0.25, -0.2) is 4.39 Å². The van der Waals surface area contributed by atoms with Crippen molar-refractivity contribution in [1.29, 1.82) is 0 Å². The fourth-order valence-corrected chi connectivity index (χ4v) is 2.97. The first-order valence-corrected chi connectivity index (χ1v) is 8.51. The Morgan fingerprint density at radius 1 is 1.12 bits per heavy atom. The van der Waals surface area contributed by atoms with Crippen molar-refractivity contribution >= 4 is 11.8 Å². The van der Waals surface area contributed by atoms with Crippen LogP contribution in [-0.2, 0) is 4.79 Å². The zero-order valence-electron chi connectivity index (χ0n) is 14.7. The normalized spacial score (nSPS) is 15.4. The van der Waals surface area contributed by atoms with Gasteiger partial charge in [-0.05, 0) is 38.5 Å². The van der Waals surface area contributed by atoms with Crippen LogP contribution in [-0.4, -0.2) is 72.3 Å². The van der Waals surface area contributed by atoms with Crippen LogP contribution < -0.4 is 0 Å². The first-order chi connectivity index (χ1) is 11.5. The highest BCUT2D eigenvalue weighted by Crippen LogP contribution is 2.14. The molecule has 0 spiro atoms. The van der Waals surface area contributed by atoms with E-state index in [1.807, 2.05) is 25.7 Å². The minimum Gasteiger partial charge on any atom is -0.342 e. The van der Waals surface area contributed by atoms with E-state index < -0.39 is 5.82 Å². The monoisotopic (exact) mass is 335 g/mol. The summed E-state index contributed by atoms with van der Waals surface area (Å²) >= 11 is 0. The number of aryl methyl sites for hydroxylation is 1. The Labute approximate surface area is 143 Å². The van der Waals surface area contributed by atoms with Crippen LogP contribution >= 0.6 is 0 Å². The van der Waals surface area contributed by atoms with Crippen LogP contribution in [0.2, 0.25) is 0 Å². The average molecular weight is 335 g/mol. The second kappa shape index (κ2) is 8.24. The van der Waals surface area contributed by atoms with Crippen molar-refractivity contribution in [1.82, 2.24) is 14.7 Å². The molecule has 6 heteroatoms. The summed E-state index contributed by atoms with van der Waals surface area (Å²) in [5.74, 6) is -0.408. The number of carbonyl (C=O) groups excluding carboxylic acids is 2. The van der Waals surface area contributed by atoms with Gasteiger partial charge >= 0.3 is 0 Å². The molecule has 2 rings (SSSR count). The van der Waals surface area contributed by atoms with Gasteiger partial charge in [0.15, 0.2) is 0 Å². The predicted molar refractivity (Wildman–Crippen MR) is 91.4 cm³/mol. The molecule has 0 aromatic heterocycles. The van der Waals surface area contributed by atoms with Crippen LogP contribution in [0.1, 0.15) is 29.8 Å². The summed E-state index contributed by atoms with van der Waals surface area (Å²) in [6, 6.07) is 4.29. The third-order valence-corrected chi connectivity index (χ3v) is 4.56. The van der Waals surface area contributed by atoms with Gasteiger partial charge in [0.2, 0.25) is 5.91 Å². The molecular weight excluding hydrogens is 309 g/mol. The molecule has 0 saturated carbocycles. The zero-order chi connectivity index (χ0) is 17.7. The lowest BCUT2D eigenvalue weighted by atomic mass is 10.1. The number of hydrogen-bond donors (Lipinski definition) is 0. The molecule has 0 N–H and O–H groups in total. The molecule has 0 unspecified atom stereocenters. The fraction of sp³-hybridized carbons (Fsp3) is 0.556. The van der Waals surface area contributed by atoms with Crippen LogP contribution in [0, 0.1) is 12.7 Å². The molecule has 0 radical (unpaired) electrons. The molecule has 1 fully saturated rings. The van der Waals surface area contributed by atoms with E-state index in [1.54, 1.807) is 11.0 Å². The Morgan fingerprint density at radius 2 is 1.75 bits per heavy atom. The summed E-state index contributed by atoms with van der Waals surface area (Å²) in [4.78, 5) is 30.3. The maximum Gasteiger partial charge on any atom is 0.254 e. The molecule has 1 aliphatic heterocycles. The van der Waals surface area contributed by atoms with E-state index >= 15 is 0 Å². The number of likely N-dealkylation sites (N-methyl/N-ethyl adjacent to an activating group) is 1. The number of piperazine rings is 1. The molecule has 0 atom stereocenters. The van der Waals surface area contributed by atoms with Gasteiger partial charge in [-0.15, -0.1) is 0 Å². The van der Waals surface area contributed by atoms with Crippen molar-refractivity contribution in [2.75, 3.05) is 45.8 Å². The fourth-order valence-electron chi connectivity index (χ4n) is 2.97. The van der Waals surface area contributed by atoms with Crippen LogP contribution in [0.25, 0.3) is 0 Å². The molecule has 1 aromatic rings. The summed E-state index contributed by atoms with van der Waals surface area (Å²) in [7, 11) is 0. The summed E-state index contributed by atoms with van der Waals surface area (Å²) in [5, 5.41) is 0. The first kappa shape index (κ1) is 18.4. The highest BCUT2D eigenvalue weighted by atomic mass is 19.1. The minimum atomic E-state index is -0.396. The Morgan fingerprint density at radius 3 is 2.33 bits per heavy atom. The molecule has 1 aliphatic rings. The predicted octanol–water partition coefficient (Wildman–Crippen LogP) is 1.76. The highest BCUT2D eigenvalue weighted by molar-refractivity contribution is 5.95. The van der Waals surface area contributed by atoms with E-state index in [-0.39, 0.29) is 11.8 Å². The van der Waals surface area contributed by atoms with Crippen LogP contribution in [0.4, 0.5) is 4.39 Å². The van der Waals surface area contributed by atoms with Gasteiger partial charge in [0.25, 0.3) is 5.91 Å².